The summed E-state index contributed by atoms with van der Waals surface area (Å²) in [5.41, 5.74) is 3.62. The van der Waals surface area contributed by atoms with E-state index < -0.39 is 0 Å². The number of thioether (sulfide) groups is 1. The fourth-order valence-corrected chi connectivity index (χ4v) is 4.56. The van der Waals surface area contributed by atoms with E-state index in [9.17, 15) is 4.79 Å². The van der Waals surface area contributed by atoms with E-state index in [2.05, 4.69) is 48.1 Å². The van der Waals surface area contributed by atoms with Crippen LogP contribution in [0.25, 0.3) is 0 Å². The highest BCUT2D eigenvalue weighted by atomic mass is 32.2. The largest absolute Gasteiger partial charge is 0.347 e. The van der Waals surface area contributed by atoms with Crippen molar-refractivity contribution in [2.75, 3.05) is 31.1 Å². The average molecular weight is 306 g/mol. The van der Waals surface area contributed by atoms with Crippen molar-refractivity contribution in [3.8, 4) is 0 Å². The monoisotopic (exact) mass is 306 g/mol. The molecule has 1 saturated heterocycles. The molecule has 0 aromatic carbocycles. The van der Waals surface area contributed by atoms with Gasteiger partial charge in [-0.05, 0) is 24.8 Å². The Morgan fingerprint density at radius 3 is 2.62 bits per heavy atom. The van der Waals surface area contributed by atoms with E-state index in [1.54, 1.807) is 0 Å². The number of Topliss-reactive ketones (excluding diaryl/α,β-unsaturated/α-hetero) is 1. The van der Waals surface area contributed by atoms with Gasteiger partial charge in [-0.25, -0.2) is 0 Å². The predicted octanol–water partition coefficient (Wildman–Crippen LogP) is 3.00. The molecule has 3 rings (SSSR count). The SMILES string of the molecule is Cc1cc2c(n1CCN1CCSCC1)CC(C)(C)CC2=O. The zero-order valence-electron chi connectivity index (χ0n) is 13.4. The second-order valence-electron chi connectivity index (χ2n) is 7.19. The van der Waals surface area contributed by atoms with Crippen LogP contribution in [0.4, 0.5) is 0 Å². The van der Waals surface area contributed by atoms with Gasteiger partial charge in [-0.2, -0.15) is 11.8 Å². The summed E-state index contributed by atoms with van der Waals surface area (Å²) in [6, 6.07) is 2.11. The van der Waals surface area contributed by atoms with E-state index in [4.69, 9.17) is 0 Å². The lowest BCUT2D eigenvalue weighted by Crippen LogP contribution is -2.36. The van der Waals surface area contributed by atoms with Gasteiger partial charge >= 0.3 is 0 Å². The lowest BCUT2D eigenvalue weighted by molar-refractivity contribution is 0.0909. The van der Waals surface area contributed by atoms with Gasteiger partial charge in [0.2, 0.25) is 0 Å². The molecule has 0 bridgehead atoms. The first-order valence-corrected chi connectivity index (χ1v) is 9.14. The third-order valence-electron chi connectivity index (χ3n) is 4.74. The summed E-state index contributed by atoms with van der Waals surface area (Å²) in [4.78, 5) is 14.9. The van der Waals surface area contributed by atoms with Crippen LogP contribution in [0, 0.1) is 12.3 Å². The van der Waals surface area contributed by atoms with Crippen molar-refractivity contribution < 1.29 is 4.79 Å². The molecular formula is C17H26N2OS. The van der Waals surface area contributed by atoms with Crippen molar-refractivity contribution in [2.24, 2.45) is 5.41 Å². The Morgan fingerprint density at radius 1 is 1.19 bits per heavy atom. The summed E-state index contributed by atoms with van der Waals surface area (Å²) in [6.07, 6.45) is 1.71. The van der Waals surface area contributed by atoms with Crippen LogP contribution >= 0.6 is 11.8 Å². The summed E-state index contributed by atoms with van der Waals surface area (Å²) >= 11 is 2.05. The first-order valence-electron chi connectivity index (χ1n) is 7.99. The molecule has 3 nitrogen and oxygen atoms in total. The van der Waals surface area contributed by atoms with Crippen molar-refractivity contribution >= 4 is 17.5 Å². The number of hydrogen-bond donors (Lipinski definition) is 0. The van der Waals surface area contributed by atoms with E-state index in [-0.39, 0.29) is 5.41 Å². The molecule has 1 aromatic heterocycles. The van der Waals surface area contributed by atoms with Crippen molar-refractivity contribution in [3.63, 3.8) is 0 Å². The molecule has 0 spiro atoms. The highest BCUT2D eigenvalue weighted by molar-refractivity contribution is 7.99. The molecule has 4 heteroatoms. The third kappa shape index (κ3) is 3.21. The molecule has 0 atom stereocenters. The molecular weight excluding hydrogens is 280 g/mol. The minimum atomic E-state index is 0.106. The second-order valence-corrected chi connectivity index (χ2v) is 8.42. The second kappa shape index (κ2) is 5.81. The first-order chi connectivity index (χ1) is 9.96. The minimum Gasteiger partial charge on any atom is -0.347 e. The normalized spacial score (nSPS) is 22.3. The molecule has 1 fully saturated rings. The zero-order chi connectivity index (χ0) is 15.0. The molecule has 2 aliphatic rings. The Labute approximate surface area is 132 Å². The van der Waals surface area contributed by atoms with Crippen LogP contribution in [0.3, 0.4) is 0 Å². The summed E-state index contributed by atoms with van der Waals surface area (Å²) in [5, 5.41) is 0. The van der Waals surface area contributed by atoms with E-state index >= 15 is 0 Å². The molecule has 2 heterocycles. The number of carbonyl (C=O) groups excluding carboxylic acids is 1. The van der Waals surface area contributed by atoms with Gasteiger partial charge in [-0.3, -0.25) is 9.69 Å². The van der Waals surface area contributed by atoms with Gasteiger partial charge in [-0.1, -0.05) is 13.8 Å². The molecule has 0 amide bonds. The van der Waals surface area contributed by atoms with Crippen LogP contribution in [-0.2, 0) is 13.0 Å². The van der Waals surface area contributed by atoms with E-state index in [0.717, 1.165) is 25.1 Å². The summed E-state index contributed by atoms with van der Waals surface area (Å²) < 4.78 is 2.40. The summed E-state index contributed by atoms with van der Waals surface area (Å²) in [5.74, 6) is 2.85. The molecule has 0 saturated carbocycles. The molecule has 0 N–H and O–H groups in total. The van der Waals surface area contributed by atoms with Crippen molar-refractivity contribution in [3.05, 3.63) is 23.0 Å². The zero-order valence-corrected chi connectivity index (χ0v) is 14.3. The van der Waals surface area contributed by atoms with Gasteiger partial charge in [-0.15, -0.1) is 0 Å². The van der Waals surface area contributed by atoms with Crippen LogP contribution in [-0.4, -0.2) is 46.4 Å². The Bertz CT molecular complexity index is 541. The van der Waals surface area contributed by atoms with E-state index in [1.165, 1.54) is 36.0 Å². The van der Waals surface area contributed by atoms with Crippen molar-refractivity contribution in [1.29, 1.82) is 0 Å². The number of aryl methyl sites for hydroxylation is 1. The molecule has 0 unspecified atom stereocenters. The Kier molecular flexibility index (Phi) is 4.19. The molecule has 1 aliphatic heterocycles. The van der Waals surface area contributed by atoms with Gasteiger partial charge in [0, 0.05) is 61.1 Å². The number of rotatable bonds is 3. The fraction of sp³-hybridized carbons (Fsp3) is 0.706. The first kappa shape index (κ1) is 15.2. The molecule has 1 aliphatic carbocycles. The average Bonchev–Trinajstić information content (AvgIpc) is 2.73. The van der Waals surface area contributed by atoms with Gasteiger partial charge in [0.05, 0.1) is 0 Å². The van der Waals surface area contributed by atoms with Gasteiger partial charge in [0.25, 0.3) is 0 Å². The number of ketones is 1. The van der Waals surface area contributed by atoms with Gasteiger partial charge < -0.3 is 4.57 Å². The number of carbonyl (C=O) groups is 1. The standard InChI is InChI=1S/C17H26N2OS/c1-13-10-14-15(11-17(2,3)12-16(14)20)19(13)5-4-18-6-8-21-9-7-18/h10H,4-9,11-12H2,1-3H3. The Morgan fingerprint density at radius 2 is 1.90 bits per heavy atom. The van der Waals surface area contributed by atoms with E-state index in [1.807, 2.05) is 0 Å². The van der Waals surface area contributed by atoms with Crippen molar-refractivity contribution in [2.45, 2.75) is 40.2 Å². The number of nitrogens with zero attached hydrogens (tertiary/aromatic N) is 2. The summed E-state index contributed by atoms with van der Waals surface area (Å²) in [6.45, 7) is 11.1. The van der Waals surface area contributed by atoms with Gasteiger partial charge in [0.15, 0.2) is 5.78 Å². The van der Waals surface area contributed by atoms with Gasteiger partial charge in [0.1, 0.15) is 0 Å². The predicted molar refractivity (Wildman–Crippen MR) is 89.4 cm³/mol. The lowest BCUT2D eigenvalue weighted by Gasteiger charge is -2.31. The lowest BCUT2D eigenvalue weighted by atomic mass is 9.76. The molecule has 1 aromatic rings. The third-order valence-corrected chi connectivity index (χ3v) is 5.69. The highest BCUT2D eigenvalue weighted by Crippen LogP contribution is 2.36. The topological polar surface area (TPSA) is 25.2 Å². The minimum absolute atomic E-state index is 0.106. The number of aromatic nitrogens is 1. The maximum atomic E-state index is 12.3. The van der Waals surface area contributed by atoms with Crippen LogP contribution in [0.15, 0.2) is 6.07 Å². The maximum absolute atomic E-state index is 12.3. The fourth-order valence-electron chi connectivity index (χ4n) is 3.58. The van der Waals surface area contributed by atoms with Crippen LogP contribution in [0.2, 0.25) is 0 Å². The quantitative estimate of drug-likeness (QED) is 0.858. The molecule has 0 radical (unpaired) electrons. The van der Waals surface area contributed by atoms with Crippen LogP contribution in [0.1, 0.15) is 42.0 Å². The maximum Gasteiger partial charge on any atom is 0.165 e. The number of hydrogen-bond acceptors (Lipinski definition) is 3. The summed E-state index contributed by atoms with van der Waals surface area (Å²) in [7, 11) is 0. The molecule has 21 heavy (non-hydrogen) atoms. The molecule has 116 valence electrons. The van der Waals surface area contributed by atoms with Crippen LogP contribution < -0.4 is 0 Å². The highest BCUT2D eigenvalue weighted by Gasteiger charge is 2.33. The van der Waals surface area contributed by atoms with E-state index in [0.29, 0.717) is 12.2 Å². The van der Waals surface area contributed by atoms with Crippen molar-refractivity contribution in [1.82, 2.24) is 9.47 Å². The van der Waals surface area contributed by atoms with Crippen LogP contribution in [0.5, 0.6) is 0 Å². The smallest absolute Gasteiger partial charge is 0.165 e. The Hall–Kier alpha value is -0.740. The number of fused-ring (bicyclic) bond motifs is 1. The Balaban J connectivity index is 1.78.